The third-order valence-electron chi connectivity index (χ3n) is 1.53. The molecular formula is C8H8N2O3. The van der Waals surface area contributed by atoms with Gasteiger partial charge in [-0.15, -0.1) is 6.58 Å². The minimum Gasteiger partial charge on any atom is -0.313 e. The van der Waals surface area contributed by atoms with Crippen molar-refractivity contribution in [3.63, 3.8) is 0 Å². The molecule has 5 nitrogen and oxygen atoms in total. The first kappa shape index (κ1) is 9.18. The molecule has 0 bridgehead atoms. The first-order valence-electron chi connectivity index (χ1n) is 3.59. The second kappa shape index (κ2) is 3.66. The van der Waals surface area contributed by atoms with Crippen molar-refractivity contribution < 1.29 is 4.79 Å². The zero-order valence-electron chi connectivity index (χ0n) is 6.82. The van der Waals surface area contributed by atoms with Crippen LogP contribution < -0.4 is 11.2 Å². The molecule has 0 aliphatic carbocycles. The maximum Gasteiger partial charge on any atom is 0.328 e. The molecule has 13 heavy (non-hydrogen) atoms. The smallest absolute Gasteiger partial charge is 0.313 e. The van der Waals surface area contributed by atoms with Crippen LogP contribution in [0, 0.1) is 0 Å². The van der Waals surface area contributed by atoms with Crippen molar-refractivity contribution >= 4 is 6.29 Å². The highest BCUT2D eigenvalue weighted by molar-refractivity contribution is 5.73. The molecule has 0 saturated heterocycles. The molecule has 1 aromatic rings. The van der Waals surface area contributed by atoms with Crippen LogP contribution in [0.3, 0.4) is 0 Å². The molecule has 0 saturated carbocycles. The molecule has 0 spiro atoms. The van der Waals surface area contributed by atoms with Gasteiger partial charge in [0, 0.05) is 12.7 Å². The molecule has 0 aliphatic rings. The summed E-state index contributed by atoms with van der Waals surface area (Å²) < 4.78 is 0.900. The Labute approximate surface area is 73.3 Å². The summed E-state index contributed by atoms with van der Waals surface area (Å²) >= 11 is 0. The molecule has 0 radical (unpaired) electrons. The monoisotopic (exact) mass is 180 g/mol. The zero-order valence-corrected chi connectivity index (χ0v) is 6.82. The van der Waals surface area contributed by atoms with Gasteiger partial charge in [-0.05, 0) is 0 Å². The van der Waals surface area contributed by atoms with Crippen molar-refractivity contribution in [2.75, 3.05) is 0 Å². The number of carbonyl (C=O) groups excluding carboxylic acids is 1. The highest BCUT2D eigenvalue weighted by atomic mass is 16.2. The molecule has 5 heteroatoms. The molecule has 1 heterocycles. The number of aromatic amines is 1. The van der Waals surface area contributed by atoms with E-state index in [9.17, 15) is 14.4 Å². The quantitative estimate of drug-likeness (QED) is 0.505. The molecule has 0 aliphatic heterocycles. The van der Waals surface area contributed by atoms with E-state index in [2.05, 4.69) is 11.6 Å². The molecule has 0 aromatic carbocycles. The Bertz CT molecular complexity index is 441. The van der Waals surface area contributed by atoms with Crippen LogP contribution in [0.15, 0.2) is 28.4 Å². The maximum atomic E-state index is 11.3. The van der Waals surface area contributed by atoms with Crippen LogP contribution in [-0.4, -0.2) is 15.8 Å². The Balaban J connectivity index is 3.47. The highest BCUT2D eigenvalue weighted by Crippen LogP contribution is 1.79. The first-order chi connectivity index (χ1) is 6.20. The lowest BCUT2D eigenvalue weighted by Gasteiger charge is -1.99. The molecule has 0 unspecified atom stereocenters. The van der Waals surface area contributed by atoms with Gasteiger partial charge < -0.3 is 4.98 Å². The fourth-order valence-electron chi connectivity index (χ4n) is 0.907. The van der Waals surface area contributed by atoms with Gasteiger partial charge in [0.2, 0.25) is 0 Å². The lowest BCUT2D eigenvalue weighted by Crippen LogP contribution is -2.36. The second-order valence-electron chi connectivity index (χ2n) is 2.37. The maximum absolute atomic E-state index is 11.3. The largest absolute Gasteiger partial charge is 0.328 e. The number of hydrogen-bond acceptors (Lipinski definition) is 3. The minimum atomic E-state index is -0.598. The summed E-state index contributed by atoms with van der Waals surface area (Å²) in [6.07, 6.45) is 2.90. The molecule has 0 amide bonds. The van der Waals surface area contributed by atoms with E-state index in [0.717, 1.165) is 10.8 Å². The Hall–Kier alpha value is -1.91. The van der Waals surface area contributed by atoms with Gasteiger partial charge in [0.25, 0.3) is 5.56 Å². The number of H-pyrrole nitrogens is 1. The van der Waals surface area contributed by atoms with Crippen LogP contribution in [0.4, 0.5) is 0 Å². The number of rotatable bonds is 3. The van der Waals surface area contributed by atoms with E-state index in [-0.39, 0.29) is 12.1 Å². The van der Waals surface area contributed by atoms with Crippen molar-refractivity contribution in [3.8, 4) is 0 Å². The number of hydrogen-bond donors (Lipinski definition) is 1. The first-order valence-corrected chi connectivity index (χ1v) is 3.59. The lowest BCUT2D eigenvalue weighted by molar-refractivity contribution is 0.112. The van der Waals surface area contributed by atoms with Gasteiger partial charge in [0.05, 0.1) is 5.56 Å². The molecule has 0 fully saturated rings. The fraction of sp³-hybridized carbons (Fsp3) is 0.125. The molecule has 1 rings (SSSR count). The third kappa shape index (κ3) is 1.64. The topological polar surface area (TPSA) is 71.9 Å². The Kier molecular flexibility index (Phi) is 2.59. The number of nitrogens with one attached hydrogen (secondary N) is 1. The Morgan fingerprint density at radius 2 is 2.23 bits per heavy atom. The minimum absolute atomic E-state index is 0.0681. The number of carbonyl (C=O) groups is 1. The van der Waals surface area contributed by atoms with Crippen LogP contribution in [0.1, 0.15) is 10.4 Å². The van der Waals surface area contributed by atoms with Crippen molar-refractivity contribution in [2.24, 2.45) is 0 Å². The van der Waals surface area contributed by atoms with Gasteiger partial charge in [0.1, 0.15) is 0 Å². The van der Waals surface area contributed by atoms with Crippen molar-refractivity contribution in [3.05, 3.63) is 45.3 Å². The van der Waals surface area contributed by atoms with Crippen LogP contribution in [0.5, 0.6) is 0 Å². The van der Waals surface area contributed by atoms with Crippen molar-refractivity contribution in [1.29, 1.82) is 0 Å². The van der Waals surface area contributed by atoms with Crippen molar-refractivity contribution in [1.82, 2.24) is 9.55 Å². The summed E-state index contributed by atoms with van der Waals surface area (Å²) in [4.78, 5) is 34.9. The van der Waals surface area contributed by atoms with E-state index in [0.29, 0.717) is 6.29 Å². The van der Waals surface area contributed by atoms with E-state index in [1.54, 1.807) is 0 Å². The number of aldehydes is 1. The third-order valence-corrected chi connectivity index (χ3v) is 1.53. The molecule has 0 atom stereocenters. The molecule has 1 aromatic heterocycles. The summed E-state index contributed by atoms with van der Waals surface area (Å²) in [5.41, 5.74) is -1.21. The van der Waals surface area contributed by atoms with E-state index in [4.69, 9.17) is 0 Å². The summed E-state index contributed by atoms with van der Waals surface area (Å²) in [6.45, 7) is 3.49. The van der Waals surface area contributed by atoms with E-state index >= 15 is 0 Å². The SMILES string of the molecule is C=CCn1c(=O)[nH]cc(C=O)c1=O. The summed E-state index contributed by atoms with van der Waals surface area (Å²) in [7, 11) is 0. The van der Waals surface area contributed by atoms with E-state index < -0.39 is 11.2 Å². The summed E-state index contributed by atoms with van der Waals surface area (Å²) in [5, 5.41) is 0. The number of nitrogens with zero attached hydrogens (tertiary/aromatic N) is 1. The van der Waals surface area contributed by atoms with Crippen LogP contribution >= 0.6 is 0 Å². The van der Waals surface area contributed by atoms with Gasteiger partial charge in [-0.2, -0.15) is 0 Å². The van der Waals surface area contributed by atoms with Crippen LogP contribution in [0.25, 0.3) is 0 Å². The normalized spacial score (nSPS) is 9.54. The molecular weight excluding hydrogens is 172 g/mol. The Morgan fingerprint density at radius 3 is 2.77 bits per heavy atom. The lowest BCUT2D eigenvalue weighted by atomic mass is 10.4. The highest BCUT2D eigenvalue weighted by Gasteiger charge is 2.03. The van der Waals surface area contributed by atoms with Crippen LogP contribution in [0.2, 0.25) is 0 Å². The van der Waals surface area contributed by atoms with Gasteiger partial charge in [0.15, 0.2) is 6.29 Å². The van der Waals surface area contributed by atoms with E-state index in [1.807, 2.05) is 0 Å². The zero-order chi connectivity index (χ0) is 9.84. The Morgan fingerprint density at radius 1 is 1.54 bits per heavy atom. The summed E-state index contributed by atoms with van der Waals surface area (Å²) in [6, 6.07) is 0. The van der Waals surface area contributed by atoms with E-state index in [1.165, 1.54) is 6.08 Å². The predicted octanol–water partition coefficient (Wildman–Crippen LogP) is -0.465. The van der Waals surface area contributed by atoms with Gasteiger partial charge in [-0.3, -0.25) is 14.2 Å². The van der Waals surface area contributed by atoms with Crippen LogP contribution in [-0.2, 0) is 6.54 Å². The number of aromatic nitrogens is 2. The average Bonchev–Trinajstić information content (AvgIpc) is 2.12. The van der Waals surface area contributed by atoms with Crippen molar-refractivity contribution in [2.45, 2.75) is 6.54 Å². The molecule has 1 N–H and O–H groups in total. The second-order valence-corrected chi connectivity index (χ2v) is 2.37. The van der Waals surface area contributed by atoms with Gasteiger partial charge in [-0.25, -0.2) is 4.79 Å². The fourth-order valence-corrected chi connectivity index (χ4v) is 0.907. The predicted molar refractivity (Wildman–Crippen MR) is 46.9 cm³/mol. The number of allylic oxidation sites excluding steroid dienone is 1. The molecule has 68 valence electrons. The summed E-state index contributed by atoms with van der Waals surface area (Å²) in [5.74, 6) is 0. The van der Waals surface area contributed by atoms with Gasteiger partial charge in [-0.1, -0.05) is 6.08 Å². The van der Waals surface area contributed by atoms with Gasteiger partial charge >= 0.3 is 5.69 Å². The standard InChI is InChI=1S/C8H8N2O3/c1-2-3-10-7(12)6(5-11)4-9-8(10)13/h2,4-5H,1,3H2,(H,9,13). The average molecular weight is 180 g/mol.